The van der Waals surface area contributed by atoms with E-state index in [2.05, 4.69) is 10.2 Å². The zero-order valence-electron chi connectivity index (χ0n) is 16.3. The molecule has 8 heteroatoms. The second-order valence-electron chi connectivity index (χ2n) is 6.52. The summed E-state index contributed by atoms with van der Waals surface area (Å²) < 4.78 is 7.83. The number of hydrogen-bond donors (Lipinski definition) is 0. The maximum Gasteiger partial charge on any atom is 0.196 e. The minimum atomic E-state index is 0.0151. The van der Waals surface area contributed by atoms with Gasteiger partial charge in [0.25, 0.3) is 0 Å². The van der Waals surface area contributed by atoms with E-state index in [0.717, 1.165) is 22.6 Å². The number of aryl methyl sites for hydroxylation is 1. The van der Waals surface area contributed by atoms with Crippen molar-refractivity contribution in [2.75, 3.05) is 12.9 Å². The van der Waals surface area contributed by atoms with Gasteiger partial charge in [0.05, 0.1) is 22.1 Å². The number of carbonyl (C=O) groups excluding carboxylic acids is 1. The number of aromatic nitrogens is 3. The van der Waals surface area contributed by atoms with Crippen LogP contribution >= 0.6 is 34.7 Å². The molecule has 30 heavy (non-hydrogen) atoms. The fraction of sp³-hybridized carbons (Fsp3) is 0.136. The van der Waals surface area contributed by atoms with E-state index in [1.165, 1.54) is 23.1 Å². The van der Waals surface area contributed by atoms with Gasteiger partial charge < -0.3 is 4.74 Å². The van der Waals surface area contributed by atoms with Crippen LogP contribution in [-0.2, 0) is 0 Å². The third-order valence-corrected chi connectivity index (χ3v) is 6.66. The average molecular weight is 456 g/mol. The quantitative estimate of drug-likeness (QED) is 0.255. The molecule has 152 valence electrons. The molecule has 2 heterocycles. The van der Waals surface area contributed by atoms with E-state index in [-0.39, 0.29) is 11.5 Å². The molecule has 0 fully saturated rings. The minimum Gasteiger partial charge on any atom is -0.497 e. The second-order valence-corrected chi connectivity index (χ2v) is 9.18. The lowest BCUT2D eigenvalue weighted by molar-refractivity contribution is 0.102. The summed E-state index contributed by atoms with van der Waals surface area (Å²) in [7, 11) is 1.64. The Bertz CT molecular complexity index is 1170. The molecule has 5 nitrogen and oxygen atoms in total. The molecule has 0 atom stereocenters. The summed E-state index contributed by atoms with van der Waals surface area (Å²) in [5, 5.41) is 9.44. The summed E-state index contributed by atoms with van der Waals surface area (Å²) in [6.45, 7) is 2.04. The van der Waals surface area contributed by atoms with Gasteiger partial charge in [-0.1, -0.05) is 41.1 Å². The fourth-order valence-corrected chi connectivity index (χ4v) is 4.79. The van der Waals surface area contributed by atoms with Crippen molar-refractivity contribution >= 4 is 40.5 Å². The first-order valence-corrected chi connectivity index (χ1v) is 11.3. The average Bonchev–Trinajstić information content (AvgIpc) is 3.39. The summed E-state index contributed by atoms with van der Waals surface area (Å²) in [5.41, 5.74) is 3.01. The van der Waals surface area contributed by atoms with Gasteiger partial charge in [0.2, 0.25) is 0 Å². The van der Waals surface area contributed by atoms with E-state index < -0.39 is 0 Å². The Morgan fingerprint density at radius 2 is 1.80 bits per heavy atom. The van der Waals surface area contributed by atoms with Crippen molar-refractivity contribution in [3.05, 3.63) is 75.4 Å². The maximum atomic E-state index is 12.5. The zero-order valence-corrected chi connectivity index (χ0v) is 18.7. The van der Waals surface area contributed by atoms with E-state index >= 15 is 0 Å². The van der Waals surface area contributed by atoms with Gasteiger partial charge in [-0.25, -0.2) is 0 Å². The summed E-state index contributed by atoms with van der Waals surface area (Å²) in [6, 6.07) is 19.3. The van der Waals surface area contributed by atoms with Crippen molar-refractivity contribution in [2.24, 2.45) is 0 Å². The second kappa shape index (κ2) is 9.04. The molecule has 0 aliphatic carbocycles. The lowest BCUT2D eigenvalue weighted by atomic mass is 10.2. The first-order chi connectivity index (χ1) is 14.5. The molecule has 2 aromatic heterocycles. The van der Waals surface area contributed by atoms with Gasteiger partial charge in [0, 0.05) is 11.3 Å². The third kappa shape index (κ3) is 4.43. The number of thiophene rings is 1. The molecule has 0 saturated carbocycles. The van der Waals surface area contributed by atoms with Crippen LogP contribution in [0.1, 0.15) is 15.2 Å². The molecule has 0 aliphatic heterocycles. The molecular formula is C22H18ClN3O2S2. The molecule has 0 amide bonds. The maximum absolute atomic E-state index is 12.5. The van der Waals surface area contributed by atoms with Gasteiger partial charge in [-0.2, -0.15) is 0 Å². The molecular weight excluding hydrogens is 438 g/mol. The topological polar surface area (TPSA) is 57.0 Å². The predicted molar refractivity (Wildman–Crippen MR) is 122 cm³/mol. The third-order valence-electron chi connectivity index (χ3n) is 4.45. The number of methoxy groups -OCH3 is 1. The number of nitrogens with zero attached hydrogens (tertiary/aromatic N) is 3. The Morgan fingerprint density at radius 3 is 2.43 bits per heavy atom. The monoisotopic (exact) mass is 455 g/mol. The molecule has 0 spiro atoms. The number of ketones is 1. The number of rotatable bonds is 7. The number of Topliss-reactive ketones (excluding diaryl/α,β-unsaturated/α-hetero) is 1. The van der Waals surface area contributed by atoms with Crippen LogP contribution in [0.2, 0.25) is 4.34 Å². The van der Waals surface area contributed by atoms with E-state index in [1.807, 2.05) is 60.0 Å². The zero-order chi connectivity index (χ0) is 21.1. The largest absolute Gasteiger partial charge is 0.497 e. The van der Waals surface area contributed by atoms with Gasteiger partial charge in [-0.3, -0.25) is 9.36 Å². The number of benzene rings is 2. The number of halogens is 1. The fourth-order valence-electron chi connectivity index (χ4n) is 2.88. The van der Waals surface area contributed by atoms with E-state index in [9.17, 15) is 4.79 Å². The summed E-state index contributed by atoms with van der Waals surface area (Å²) >= 11 is 8.60. The first kappa shape index (κ1) is 20.7. The van der Waals surface area contributed by atoms with Crippen LogP contribution in [-0.4, -0.2) is 33.4 Å². The standard InChI is InChI=1S/C22H18ClN3O2S2/c1-14-3-7-16(8-4-14)26-21(15-5-9-17(28-2)10-6-15)24-25-22(26)29-13-18(27)19-11-12-20(23)30-19/h3-12H,13H2,1-2H3. The summed E-state index contributed by atoms with van der Waals surface area (Å²) in [6.07, 6.45) is 0. The minimum absolute atomic E-state index is 0.0151. The van der Waals surface area contributed by atoms with Crippen molar-refractivity contribution in [3.63, 3.8) is 0 Å². The Hall–Kier alpha value is -2.61. The molecule has 0 N–H and O–H groups in total. The van der Waals surface area contributed by atoms with E-state index in [4.69, 9.17) is 16.3 Å². The van der Waals surface area contributed by atoms with Crippen LogP contribution < -0.4 is 4.74 Å². The lowest BCUT2D eigenvalue weighted by Gasteiger charge is -2.11. The van der Waals surface area contributed by atoms with Crippen molar-refractivity contribution in [2.45, 2.75) is 12.1 Å². The highest BCUT2D eigenvalue weighted by Crippen LogP contribution is 2.30. The van der Waals surface area contributed by atoms with Crippen LogP contribution in [0.25, 0.3) is 17.1 Å². The highest BCUT2D eigenvalue weighted by Gasteiger charge is 2.18. The summed E-state index contributed by atoms with van der Waals surface area (Å²) in [5.74, 6) is 1.75. The Kier molecular flexibility index (Phi) is 6.22. The highest BCUT2D eigenvalue weighted by molar-refractivity contribution is 7.99. The first-order valence-electron chi connectivity index (χ1n) is 9.13. The predicted octanol–water partition coefficient (Wildman–Crippen LogP) is 5.94. The van der Waals surface area contributed by atoms with Crippen molar-refractivity contribution in [3.8, 4) is 22.8 Å². The number of ether oxygens (including phenoxy) is 1. The molecule has 0 saturated heterocycles. The number of hydrogen-bond acceptors (Lipinski definition) is 6. The highest BCUT2D eigenvalue weighted by atomic mass is 35.5. The molecule has 0 aliphatic rings. The SMILES string of the molecule is COc1ccc(-c2nnc(SCC(=O)c3ccc(Cl)s3)n2-c2ccc(C)cc2)cc1. The Balaban J connectivity index is 1.68. The number of carbonyl (C=O) groups is 1. The van der Waals surface area contributed by atoms with Gasteiger partial charge in [-0.15, -0.1) is 21.5 Å². The lowest BCUT2D eigenvalue weighted by Crippen LogP contribution is -2.03. The van der Waals surface area contributed by atoms with Crippen molar-refractivity contribution < 1.29 is 9.53 Å². The van der Waals surface area contributed by atoms with Crippen LogP contribution in [0, 0.1) is 6.92 Å². The van der Waals surface area contributed by atoms with Crippen LogP contribution in [0.5, 0.6) is 5.75 Å². The number of thioether (sulfide) groups is 1. The van der Waals surface area contributed by atoms with Gasteiger partial charge in [0.15, 0.2) is 16.8 Å². The molecule has 0 bridgehead atoms. The molecule has 4 aromatic rings. The van der Waals surface area contributed by atoms with Crippen LogP contribution in [0.15, 0.2) is 65.8 Å². The van der Waals surface area contributed by atoms with Crippen LogP contribution in [0.4, 0.5) is 0 Å². The Morgan fingerprint density at radius 1 is 1.07 bits per heavy atom. The smallest absolute Gasteiger partial charge is 0.196 e. The van der Waals surface area contributed by atoms with Crippen molar-refractivity contribution in [1.29, 1.82) is 0 Å². The van der Waals surface area contributed by atoms with Gasteiger partial charge in [-0.05, 0) is 55.5 Å². The van der Waals surface area contributed by atoms with Gasteiger partial charge >= 0.3 is 0 Å². The molecule has 4 rings (SSSR count). The van der Waals surface area contributed by atoms with E-state index in [1.54, 1.807) is 19.2 Å². The van der Waals surface area contributed by atoms with Crippen molar-refractivity contribution in [1.82, 2.24) is 14.8 Å². The summed E-state index contributed by atoms with van der Waals surface area (Å²) in [4.78, 5) is 13.2. The van der Waals surface area contributed by atoms with Gasteiger partial charge in [0.1, 0.15) is 5.75 Å². The Labute approximate surface area is 187 Å². The molecule has 0 unspecified atom stereocenters. The molecule has 0 radical (unpaired) electrons. The van der Waals surface area contributed by atoms with Crippen LogP contribution in [0.3, 0.4) is 0 Å². The van der Waals surface area contributed by atoms with E-state index in [0.29, 0.717) is 20.2 Å². The molecule has 2 aromatic carbocycles. The normalized spacial score (nSPS) is 10.9.